The summed E-state index contributed by atoms with van der Waals surface area (Å²) in [6, 6.07) is 5.47. The molecule has 0 fully saturated rings. The van der Waals surface area contributed by atoms with E-state index in [1.165, 1.54) is 18.2 Å². The number of hydrogen-bond donors (Lipinski definition) is 2. The molecule has 1 heterocycles. The summed E-state index contributed by atoms with van der Waals surface area (Å²) in [5.41, 5.74) is 5.64. The van der Waals surface area contributed by atoms with E-state index >= 15 is 0 Å². The van der Waals surface area contributed by atoms with Crippen molar-refractivity contribution >= 4 is 11.6 Å². The van der Waals surface area contributed by atoms with Crippen molar-refractivity contribution in [2.24, 2.45) is 10.7 Å². The Balaban J connectivity index is 2.06. The summed E-state index contributed by atoms with van der Waals surface area (Å²) in [5, 5.41) is 6.14. The maximum absolute atomic E-state index is 12.3. The number of hydrogen-bond acceptors (Lipinski definition) is 5. The van der Waals surface area contributed by atoms with Crippen molar-refractivity contribution in [2.45, 2.75) is 19.8 Å². The third kappa shape index (κ3) is 4.65. The summed E-state index contributed by atoms with van der Waals surface area (Å²) >= 11 is 0. The lowest BCUT2D eigenvalue weighted by Gasteiger charge is -2.13. The van der Waals surface area contributed by atoms with Crippen molar-refractivity contribution in [2.75, 3.05) is 5.32 Å². The van der Waals surface area contributed by atoms with Crippen molar-refractivity contribution in [1.29, 1.82) is 0 Å². The molecule has 2 aromatic rings. The molecular weight excluding hydrogens is 303 g/mol. The standard InChI is InChI=1S/C12H12F3N5O2/c1-7-18-10(20-22-7)6-17-11(16)19-8-4-2-3-5-9(8)21-12(13,14)15/h2-5H,6H2,1H3,(H3,16,17,19). The van der Waals surface area contributed by atoms with Gasteiger partial charge in [-0.05, 0) is 12.1 Å². The van der Waals surface area contributed by atoms with Crippen LogP contribution in [0.4, 0.5) is 18.9 Å². The predicted octanol–water partition coefficient (Wildman–Crippen LogP) is 2.20. The molecule has 0 amide bonds. The number of nitrogens with zero attached hydrogens (tertiary/aromatic N) is 3. The van der Waals surface area contributed by atoms with E-state index in [1.807, 2.05) is 0 Å². The minimum atomic E-state index is -4.80. The first-order valence-electron chi connectivity index (χ1n) is 6.04. The maximum atomic E-state index is 12.3. The summed E-state index contributed by atoms with van der Waals surface area (Å²) in [6.07, 6.45) is -4.80. The van der Waals surface area contributed by atoms with Crippen LogP contribution in [0.2, 0.25) is 0 Å². The molecule has 0 radical (unpaired) electrons. The molecule has 0 spiro atoms. The molecule has 3 N–H and O–H groups in total. The summed E-state index contributed by atoms with van der Waals surface area (Å²) in [7, 11) is 0. The molecule has 0 bridgehead atoms. The Morgan fingerprint density at radius 3 is 2.77 bits per heavy atom. The lowest BCUT2D eigenvalue weighted by Crippen LogP contribution is -2.24. The van der Waals surface area contributed by atoms with E-state index < -0.39 is 12.1 Å². The fourth-order valence-corrected chi connectivity index (χ4v) is 1.52. The summed E-state index contributed by atoms with van der Waals surface area (Å²) < 4.78 is 45.5. The van der Waals surface area contributed by atoms with Crippen LogP contribution in [0.25, 0.3) is 0 Å². The highest BCUT2D eigenvalue weighted by molar-refractivity contribution is 5.93. The first kappa shape index (κ1) is 15.6. The van der Waals surface area contributed by atoms with Gasteiger partial charge in [0.25, 0.3) is 0 Å². The van der Waals surface area contributed by atoms with E-state index in [0.717, 1.165) is 6.07 Å². The van der Waals surface area contributed by atoms with Crippen LogP contribution in [0.5, 0.6) is 5.75 Å². The Morgan fingerprint density at radius 1 is 1.41 bits per heavy atom. The number of benzene rings is 1. The van der Waals surface area contributed by atoms with E-state index in [0.29, 0.717) is 11.7 Å². The van der Waals surface area contributed by atoms with E-state index in [9.17, 15) is 13.2 Å². The number of aliphatic imine (C=N–C) groups is 1. The second-order valence-corrected chi connectivity index (χ2v) is 4.10. The number of aromatic nitrogens is 2. The van der Waals surface area contributed by atoms with Crippen molar-refractivity contribution in [1.82, 2.24) is 10.1 Å². The van der Waals surface area contributed by atoms with E-state index in [4.69, 9.17) is 10.3 Å². The van der Waals surface area contributed by atoms with E-state index in [-0.39, 0.29) is 18.2 Å². The lowest BCUT2D eigenvalue weighted by molar-refractivity contribution is -0.274. The fourth-order valence-electron chi connectivity index (χ4n) is 1.52. The Kier molecular flexibility index (Phi) is 4.49. The Hall–Kier alpha value is -2.78. The number of anilines is 1. The smallest absolute Gasteiger partial charge is 0.404 e. The molecule has 1 aromatic carbocycles. The van der Waals surface area contributed by atoms with Gasteiger partial charge < -0.3 is 20.3 Å². The van der Waals surface area contributed by atoms with Gasteiger partial charge in [-0.3, -0.25) is 0 Å². The minimum absolute atomic E-state index is 0.0263. The Bertz CT molecular complexity index is 669. The van der Waals surface area contributed by atoms with Gasteiger partial charge in [-0.15, -0.1) is 13.2 Å². The van der Waals surface area contributed by atoms with Crippen molar-refractivity contribution < 1.29 is 22.4 Å². The summed E-state index contributed by atoms with van der Waals surface area (Å²) in [5.74, 6) is 0.159. The number of alkyl halides is 3. The summed E-state index contributed by atoms with van der Waals surface area (Å²) in [4.78, 5) is 7.82. The molecule has 118 valence electrons. The number of guanidine groups is 1. The minimum Gasteiger partial charge on any atom is -0.404 e. The monoisotopic (exact) mass is 315 g/mol. The van der Waals surface area contributed by atoms with Gasteiger partial charge in [0.2, 0.25) is 5.89 Å². The molecule has 22 heavy (non-hydrogen) atoms. The first-order valence-corrected chi connectivity index (χ1v) is 6.04. The van der Waals surface area contributed by atoms with Gasteiger partial charge in [-0.25, -0.2) is 4.99 Å². The third-order valence-corrected chi connectivity index (χ3v) is 2.34. The molecule has 10 heteroatoms. The largest absolute Gasteiger partial charge is 0.573 e. The van der Waals surface area contributed by atoms with Gasteiger partial charge in [0.1, 0.15) is 6.54 Å². The number of rotatable bonds is 4. The van der Waals surface area contributed by atoms with Gasteiger partial charge in [-0.2, -0.15) is 4.98 Å². The molecule has 0 atom stereocenters. The lowest BCUT2D eigenvalue weighted by atomic mass is 10.3. The second kappa shape index (κ2) is 6.33. The average molecular weight is 315 g/mol. The highest BCUT2D eigenvalue weighted by Gasteiger charge is 2.32. The number of ether oxygens (including phenoxy) is 1. The summed E-state index contributed by atoms with van der Waals surface area (Å²) in [6.45, 7) is 1.64. The normalized spacial score (nSPS) is 12.3. The van der Waals surface area contributed by atoms with Crippen LogP contribution < -0.4 is 15.8 Å². The molecule has 2 rings (SSSR count). The number of nitrogens with one attached hydrogen (secondary N) is 1. The van der Waals surface area contributed by atoms with Gasteiger partial charge in [0.15, 0.2) is 17.5 Å². The average Bonchev–Trinajstić information content (AvgIpc) is 2.83. The van der Waals surface area contributed by atoms with Crippen molar-refractivity contribution in [3.63, 3.8) is 0 Å². The van der Waals surface area contributed by atoms with Crippen LogP contribution >= 0.6 is 0 Å². The zero-order valence-corrected chi connectivity index (χ0v) is 11.4. The molecule has 0 aliphatic carbocycles. The van der Waals surface area contributed by atoms with Gasteiger partial charge in [-0.1, -0.05) is 17.3 Å². The number of aryl methyl sites for hydroxylation is 1. The van der Waals surface area contributed by atoms with Crippen LogP contribution in [0.1, 0.15) is 11.7 Å². The molecule has 0 saturated carbocycles. The zero-order valence-electron chi connectivity index (χ0n) is 11.4. The van der Waals surface area contributed by atoms with Gasteiger partial charge >= 0.3 is 6.36 Å². The number of halogens is 3. The van der Waals surface area contributed by atoms with Crippen LogP contribution in [-0.4, -0.2) is 22.5 Å². The molecule has 0 aliphatic rings. The molecule has 0 saturated heterocycles. The molecule has 1 aromatic heterocycles. The van der Waals surface area contributed by atoms with Crippen molar-refractivity contribution in [3.8, 4) is 5.75 Å². The quantitative estimate of drug-likeness (QED) is 0.663. The molecular formula is C12H12F3N5O2. The Labute approximate surface area is 123 Å². The predicted molar refractivity (Wildman–Crippen MR) is 71.1 cm³/mol. The third-order valence-electron chi connectivity index (χ3n) is 2.34. The van der Waals surface area contributed by atoms with Crippen LogP contribution in [0, 0.1) is 6.92 Å². The second-order valence-electron chi connectivity index (χ2n) is 4.10. The molecule has 0 aliphatic heterocycles. The fraction of sp³-hybridized carbons (Fsp3) is 0.250. The highest BCUT2D eigenvalue weighted by Crippen LogP contribution is 2.29. The number of nitrogens with two attached hydrogens (primary N) is 1. The molecule has 7 nitrogen and oxygen atoms in total. The van der Waals surface area contributed by atoms with E-state index in [1.54, 1.807) is 6.92 Å². The van der Waals surface area contributed by atoms with E-state index in [2.05, 4.69) is 25.2 Å². The maximum Gasteiger partial charge on any atom is 0.573 e. The SMILES string of the molecule is Cc1nc(CN=C(N)Nc2ccccc2OC(F)(F)F)no1. The Morgan fingerprint density at radius 2 is 2.14 bits per heavy atom. The van der Waals surface area contributed by atoms with Gasteiger partial charge in [0.05, 0.1) is 5.69 Å². The highest BCUT2D eigenvalue weighted by atomic mass is 19.4. The van der Waals surface area contributed by atoms with Crippen LogP contribution in [-0.2, 0) is 6.54 Å². The first-order chi connectivity index (χ1) is 10.3. The van der Waals surface area contributed by atoms with Gasteiger partial charge in [0, 0.05) is 6.92 Å². The zero-order chi connectivity index (χ0) is 16.2. The topological polar surface area (TPSA) is 98.6 Å². The number of para-hydroxylation sites is 2. The van der Waals surface area contributed by atoms with Crippen LogP contribution in [0.15, 0.2) is 33.8 Å². The van der Waals surface area contributed by atoms with Crippen LogP contribution in [0.3, 0.4) is 0 Å². The molecule has 0 unspecified atom stereocenters. The van der Waals surface area contributed by atoms with Crippen molar-refractivity contribution in [3.05, 3.63) is 36.0 Å².